The van der Waals surface area contributed by atoms with Crippen LogP contribution in [0.25, 0.3) is 0 Å². The monoisotopic (exact) mass is 308 g/mol. The van der Waals surface area contributed by atoms with Crippen molar-refractivity contribution in [2.24, 2.45) is 0 Å². The molecule has 6 heteroatoms. The second kappa shape index (κ2) is 9.16. The van der Waals surface area contributed by atoms with Crippen molar-refractivity contribution in [3.8, 4) is 11.8 Å². The lowest BCUT2D eigenvalue weighted by Crippen LogP contribution is -2.40. The van der Waals surface area contributed by atoms with Crippen LogP contribution in [0.3, 0.4) is 0 Å². The third-order valence-electron chi connectivity index (χ3n) is 2.67. The zero-order valence-corrected chi connectivity index (χ0v) is 13.1. The number of hydrogen-bond acceptors (Lipinski definition) is 4. The zero-order valence-electron chi connectivity index (χ0n) is 12.3. The Morgan fingerprint density at radius 1 is 1.43 bits per heavy atom. The van der Waals surface area contributed by atoms with Gasteiger partial charge in [0.1, 0.15) is 0 Å². The quantitative estimate of drug-likeness (QED) is 0.773. The molecule has 2 N–H and O–H groups in total. The summed E-state index contributed by atoms with van der Waals surface area (Å²) in [7, 11) is 0. The normalized spacial score (nSPS) is 9.67. The number of nitrogens with one attached hydrogen (secondary N) is 1. The fraction of sp³-hybridized carbons (Fsp3) is 0.467. The Balaban J connectivity index is 2.72. The highest BCUT2D eigenvalue weighted by Gasteiger charge is 2.18. The molecule has 0 saturated carbocycles. The number of rotatable bonds is 6. The van der Waals surface area contributed by atoms with Gasteiger partial charge in [-0.3, -0.25) is 9.59 Å². The Hall–Kier alpha value is -1.84. The maximum absolute atomic E-state index is 12.3. The Morgan fingerprint density at radius 2 is 2.19 bits per heavy atom. The van der Waals surface area contributed by atoms with E-state index < -0.39 is 0 Å². The highest BCUT2D eigenvalue weighted by Crippen LogP contribution is 2.15. The van der Waals surface area contributed by atoms with Crippen molar-refractivity contribution < 1.29 is 14.7 Å². The van der Waals surface area contributed by atoms with Crippen LogP contribution in [0.5, 0.6) is 0 Å². The maximum Gasteiger partial charge on any atom is 0.255 e. The maximum atomic E-state index is 12.3. The molecule has 114 valence electrons. The molecule has 0 fully saturated rings. The molecule has 0 spiro atoms. The first-order chi connectivity index (χ1) is 10.1. The standard InChI is InChI=1S/C15H20N2O3S/c1-3-16-14(19)10-17(4-2)15(20)12-9-13(21-11-12)7-5-6-8-18/h9,11,18H,3-4,6,8,10H2,1-2H3,(H,16,19). The molecule has 1 aromatic heterocycles. The van der Waals surface area contributed by atoms with Crippen molar-refractivity contribution >= 4 is 23.2 Å². The minimum Gasteiger partial charge on any atom is -0.395 e. The molecule has 0 aromatic carbocycles. The van der Waals surface area contributed by atoms with Gasteiger partial charge in [0.25, 0.3) is 5.91 Å². The minimum atomic E-state index is -0.171. The fourth-order valence-electron chi connectivity index (χ4n) is 1.66. The molecule has 0 aliphatic heterocycles. The molecule has 1 heterocycles. The van der Waals surface area contributed by atoms with E-state index in [1.165, 1.54) is 16.2 Å². The van der Waals surface area contributed by atoms with Gasteiger partial charge in [-0.1, -0.05) is 11.8 Å². The van der Waals surface area contributed by atoms with E-state index in [0.717, 1.165) is 4.88 Å². The number of likely N-dealkylation sites (N-methyl/N-ethyl adjacent to an activating group) is 2. The number of thiophene rings is 1. The highest BCUT2D eigenvalue weighted by molar-refractivity contribution is 7.10. The third kappa shape index (κ3) is 5.58. The van der Waals surface area contributed by atoms with Crippen molar-refractivity contribution in [2.45, 2.75) is 20.3 Å². The van der Waals surface area contributed by atoms with Gasteiger partial charge in [-0.05, 0) is 19.9 Å². The van der Waals surface area contributed by atoms with Gasteiger partial charge in [-0.25, -0.2) is 0 Å². The zero-order chi connectivity index (χ0) is 15.7. The lowest BCUT2D eigenvalue weighted by molar-refractivity contribution is -0.121. The van der Waals surface area contributed by atoms with E-state index in [-0.39, 0.29) is 25.0 Å². The molecule has 0 radical (unpaired) electrons. The SMILES string of the molecule is CCNC(=O)CN(CC)C(=O)c1csc(C#CCCO)c1. The van der Waals surface area contributed by atoms with E-state index in [0.29, 0.717) is 25.1 Å². The van der Waals surface area contributed by atoms with E-state index in [4.69, 9.17) is 5.11 Å². The van der Waals surface area contributed by atoms with Gasteiger partial charge in [0.05, 0.1) is 23.6 Å². The number of carbonyl (C=O) groups excluding carboxylic acids is 2. The molecule has 1 rings (SSSR count). The Morgan fingerprint density at radius 3 is 2.81 bits per heavy atom. The number of aliphatic hydroxyl groups excluding tert-OH is 1. The first-order valence-electron chi connectivity index (χ1n) is 6.86. The van der Waals surface area contributed by atoms with E-state index >= 15 is 0 Å². The first kappa shape index (κ1) is 17.2. The van der Waals surface area contributed by atoms with Gasteiger partial charge in [0.2, 0.25) is 5.91 Å². The van der Waals surface area contributed by atoms with E-state index in [9.17, 15) is 9.59 Å². The summed E-state index contributed by atoms with van der Waals surface area (Å²) in [6, 6.07) is 1.72. The van der Waals surface area contributed by atoms with Crippen LogP contribution in [0.15, 0.2) is 11.4 Å². The number of nitrogens with zero attached hydrogens (tertiary/aromatic N) is 1. The van der Waals surface area contributed by atoms with Gasteiger partial charge >= 0.3 is 0 Å². The predicted molar refractivity (Wildman–Crippen MR) is 83.2 cm³/mol. The van der Waals surface area contributed by atoms with Crippen LogP contribution in [-0.4, -0.2) is 48.1 Å². The first-order valence-corrected chi connectivity index (χ1v) is 7.74. The smallest absolute Gasteiger partial charge is 0.255 e. The summed E-state index contributed by atoms with van der Waals surface area (Å²) in [4.78, 5) is 26.2. The van der Waals surface area contributed by atoms with Crippen LogP contribution in [-0.2, 0) is 4.79 Å². The van der Waals surface area contributed by atoms with E-state index in [2.05, 4.69) is 17.2 Å². The van der Waals surface area contributed by atoms with Gasteiger partial charge in [-0.2, -0.15) is 0 Å². The molecule has 2 amide bonds. The van der Waals surface area contributed by atoms with Crippen LogP contribution >= 0.6 is 11.3 Å². The summed E-state index contributed by atoms with van der Waals surface area (Å²) in [5, 5.41) is 13.1. The largest absolute Gasteiger partial charge is 0.395 e. The summed E-state index contributed by atoms with van der Waals surface area (Å²) in [6.07, 6.45) is 0.416. The predicted octanol–water partition coefficient (Wildman–Crippen LogP) is 1.08. The number of aliphatic hydroxyl groups is 1. The van der Waals surface area contributed by atoms with Crippen LogP contribution in [0.2, 0.25) is 0 Å². The molecule has 0 bridgehead atoms. The van der Waals surface area contributed by atoms with Crippen molar-refractivity contribution in [1.82, 2.24) is 10.2 Å². The molecule has 21 heavy (non-hydrogen) atoms. The molecular weight excluding hydrogens is 288 g/mol. The lowest BCUT2D eigenvalue weighted by atomic mass is 10.2. The highest BCUT2D eigenvalue weighted by atomic mass is 32.1. The molecule has 0 aliphatic rings. The summed E-state index contributed by atoms with van der Waals surface area (Å²) in [5.41, 5.74) is 0.541. The average molecular weight is 308 g/mol. The molecule has 0 atom stereocenters. The van der Waals surface area contributed by atoms with Crippen molar-refractivity contribution in [3.05, 3.63) is 21.9 Å². The van der Waals surface area contributed by atoms with Gasteiger partial charge < -0.3 is 15.3 Å². The summed E-state index contributed by atoms with van der Waals surface area (Å²) < 4.78 is 0. The minimum absolute atomic E-state index is 0.0281. The summed E-state index contributed by atoms with van der Waals surface area (Å²) in [6.45, 7) is 4.79. The summed E-state index contributed by atoms with van der Waals surface area (Å²) in [5.74, 6) is 5.38. The number of hydrogen-bond donors (Lipinski definition) is 2. The molecule has 0 saturated heterocycles. The Kier molecular flexibility index (Phi) is 7.51. The van der Waals surface area contributed by atoms with Crippen LogP contribution in [0.1, 0.15) is 35.5 Å². The average Bonchev–Trinajstić information content (AvgIpc) is 2.93. The van der Waals surface area contributed by atoms with Crippen LogP contribution < -0.4 is 5.32 Å². The molecule has 5 nitrogen and oxygen atoms in total. The molecular formula is C15H20N2O3S. The van der Waals surface area contributed by atoms with Crippen molar-refractivity contribution in [1.29, 1.82) is 0 Å². The second-order valence-electron chi connectivity index (χ2n) is 4.25. The van der Waals surface area contributed by atoms with Crippen LogP contribution in [0, 0.1) is 11.8 Å². The topological polar surface area (TPSA) is 69.6 Å². The number of carbonyl (C=O) groups is 2. The van der Waals surface area contributed by atoms with E-state index in [1.807, 2.05) is 13.8 Å². The van der Waals surface area contributed by atoms with Gasteiger partial charge in [0, 0.05) is 24.9 Å². The Bertz CT molecular complexity index is 543. The molecule has 1 aromatic rings. The fourth-order valence-corrected chi connectivity index (χ4v) is 2.40. The number of amides is 2. The molecule has 0 unspecified atom stereocenters. The van der Waals surface area contributed by atoms with Crippen molar-refractivity contribution in [3.63, 3.8) is 0 Å². The van der Waals surface area contributed by atoms with Crippen LogP contribution in [0.4, 0.5) is 0 Å². The summed E-state index contributed by atoms with van der Waals surface area (Å²) >= 11 is 1.38. The molecule has 0 aliphatic carbocycles. The van der Waals surface area contributed by atoms with Gasteiger partial charge in [-0.15, -0.1) is 11.3 Å². The van der Waals surface area contributed by atoms with Crippen molar-refractivity contribution in [2.75, 3.05) is 26.2 Å². The van der Waals surface area contributed by atoms with E-state index in [1.54, 1.807) is 11.4 Å². The van der Waals surface area contributed by atoms with Gasteiger partial charge in [0.15, 0.2) is 0 Å². The Labute approximate surface area is 129 Å². The second-order valence-corrected chi connectivity index (χ2v) is 5.16. The third-order valence-corrected chi connectivity index (χ3v) is 3.52. The lowest BCUT2D eigenvalue weighted by Gasteiger charge is -2.19.